The van der Waals surface area contributed by atoms with Crippen LogP contribution in [0.3, 0.4) is 0 Å². The van der Waals surface area contributed by atoms with Crippen LogP contribution in [0, 0.1) is 0 Å². The predicted octanol–water partition coefficient (Wildman–Crippen LogP) is 3.73. The van der Waals surface area contributed by atoms with E-state index in [-0.39, 0.29) is 10.8 Å². The maximum atomic E-state index is 12.4. The first kappa shape index (κ1) is 16.6. The molecule has 5 nitrogen and oxygen atoms in total. The Balaban J connectivity index is 1.87. The van der Waals surface area contributed by atoms with E-state index < -0.39 is 15.1 Å². The molecule has 0 aliphatic rings. The Labute approximate surface area is 144 Å². The third kappa shape index (κ3) is 3.18. The number of carbonyl (C=O) groups is 1. The number of thiazole rings is 1. The van der Waals surface area contributed by atoms with E-state index in [2.05, 4.69) is 10.3 Å². The average molecular weight is 360 g/mol. The molecule has 1 N–H and O–H groups in total. The Bertz CT molecular complexity index is 1010. The molecule has 1 aromatic heterocycles. The van der Waals surface area contributed by atoms with E-state index in [4.69, 9.17) is 0 Å². The van der Waals surface area contributed by atoms with Crippen molar-refractivity contribution in [2.75, 3.05) is 5.32 Å². The monoisotopic (exact) mass is 360 g/mol. The number of nitrogens with one attached hydrogen (secondary N) is 1. The fraction of sp³-hybridized carbons (Fsp3) is 0.176. The molecule has 0 saturated carbocycles. The van der Waals surface area contributed by atoms with Crippen molar-refractivity contribution in [2.24, 2.45) is 0 Å². The molecule has 0 aliphatic carbocycles. The van der Waals surface area contributed by atoms with Crippen LogP contribution in [-0.2, 0) is 9.84 Å². The van der Waals surface area contributed by atoms with Crippen LogP contribution >= 0.6 is 11.3 Å². The molecule has 3 aromatic rings. The maximum absolute atomic E-state index is 12.4. The fourth-order valence-corrected chi connectivity index (χ4v) is 3.99. The lowest BCUT2D eigenvalue weighted by atomic mass is 10.2. The smallest absolute Gasteiger partial charge is 0.255 e. The predicted molar refractivity (Wildman–Crippen MR) is 96.3 cm³/mol. The molecule has 124 valence electrons. The number of sulfone groups is 1. The average Bonchev–Trinajstić information content (AvgIpc) is 3.02. The second-order valence-corrected chi connectivity index (χ2v) is 9.00. The molecule has 24 heavy (non-hydrogen) atoms. The number of carbonyl (C=O) groups excluding carboxylic acids is 1. The van der Waals surface area contributed by atoms with Crippen LogP contribution in [0.15, 0.2) is 52.9 Å². The van der Waals surface area contributed by atoms with Crippen LogP contribution < -0.4 is 5.32 Å². The first-order chi connectivity index (χ1) is 11.4. The highest BCUT2D eigenvalue weighted by molar-refractivity contribution is 7.92. The number of amides is 1. The van der Waals surface area contributed by atoms with Crippen molar-refractivity contribution in [3.05, 3.63) is 53.5 Å². The van der Waals surface area contributed by atoms with Crippen LogP contribution in [0.5, 0.6) is 0 Å². The van der Waals surface area contributed by atoms with Crippen LogP contribution in [0.4, 0.5) is 5.69 Å². The normalized spacial score (nSPS) is 11.8. The summed E-state index contributed by atoms with van der Waals surface area (Å²) >= 11 is 1.53. The molecule has 0 bridgehead atoms. The van der Waals surface area contributed by atoms with E-state index in [0.29, 0.717) is 11.3 Å². The Morgan fingerprint density at radius 3 is 2.71 bits per heavy atom. The first-order valence-corrected chi connectivity index (χ1v) is 9.79. The minimum absolute atomic E-state index is 0.153. The van der Waals surface area contributed by atoms with Crippen LogP contribution in [0.25, 0.3) is 10.2 Å². The summed E-state index contributed by atoms with van der Waals surface area (Å²) in [6.07, 6.45) is 0. The van der Waals surface area contributed by atoms with Gasteiger partial charge >= 0.3 is 0 Å². The van der Waals surface area contributed by atoms with Gasteiger partial charge in [0, 0.05) is 11.3 Å². The third-order valence-corrected chi connectivity index (χ3v) is 6.60. The Kier molecular flexibility index (Phi) is 4.38. The van der Waals surface area contributed by atoms with Gasteiger partial charge in [-0.2, -0.15) is 0 Å². The number of fused-ring (bicyclic) bond motifs is 1. The molecule has 1 heterocycles. The fourth-order valence-electron chi connectivity index (χ4n) is 2.23. The van der Waals surface area contributed by atoms with Crippen molar-refractivity contribution < 1.29 is 13.2 Å². The summed E-state index contributed by atoms with van der Waals surface area (Å²) in [6.45, 7) is 3.23. The highest BCUT2D eigenvalue weighted by Crippen LogP contribution is 2.22. The summed E-state index contributed by atoms with van der Waals surface area (Å²) in [4.78, 5) is 16.8. The van der Waals surface area contributed by atoms with Gasteiger partial charge in [-0.15, -0.1) is 11.3 Å². The molecule has 0 unspecified atom stereocenters. The topological polar surface area (TPSA) is 76.1 Å². The summed E-state index contributed by atoms with van der Waals surface area (Å²) < 4.78 is 25.5. The number of aromatic nitrogens is 1. The van der Waals surface area contributed by atoms with Crippen molar-refractivity contribution in [2.45, 2.75) is 24.0 Å². The Morgan fingerprint density at radius 1 is 1.17 bits per heavy atom. The van der Waals surface area contributed by atoms with E-state index in [1.807, 2.05) is 6.07 Å². The number of benzene rings is 2. The summed E-state index contributed by atoms with van der Waals surface area (Å²) in [7, 11) is -3.42. The van der Waals surface area contributed by atoms with Crippen molar-refractivity contribution >= 4 is 43.0 Å². The molecular formula is C17H16N2O3S2. The van der Waals surface area contributed by atoms with E-state index in [0.717, 1.165) is 10.2 Å². The Hall–Kier alpha value is -2.25. The number of hydrogen-bond acceptors (Lipinski definition) is 5. The van der Waals surface area contributed by atoms with Gasteiger partial charge in [0.1, 0.15) is 0 Å². The van der Waals surface area contributed by atoms with Crippen molar-refractivity contribution in [1.29, 1.82) is 0 Å². The summed E-state index contributed by atoms with van der Waals surface area (Å²) in [5, 5.41) is 2.24. The maximum Gasteiger partial charge on any atom is 0.255 e. The van der Waals surface area contributed by atoms with Gasteiger partial charge in [-0.25, -0.2) is 13.4 Å². The van der Waals surface area contributed by atoms with Crippen LogP contribution in [0.2, 0.25) is 0 Å². The minimum atomic E-state index is -3.42. The second kappa shape index (κ2) is 6.33. The van der Waals surface area contributed by atoms with E-state index in [1.165, 1.54) is 23.5 Å². The minimum Gasteiger partial charge on any atom is -0.322 e. The lowest BCUT2D eigenvalue weighted by Crippen LogP contribution is -2.16. The SMILES string of the molecule is CC(C)S(=O)(=O)c1cccc(C(=O)Nc2ccc3scnc3c2)c1. The van der Waals surface area contributed by atoms with Gasteiger partial charge in [-0.3, -0.25) is 4.79 Å². The summed E-state index contributed by atoms with van der Waals surface area (Å²) in [5.41, 5.74) is 3.48. The molecule has 0 fully saturated rings. The molecule has 0 aliphatic heterocycles. The van der Waals surface area contributed by atoms with Crippen molar-refractivity contribution in [1.82, 2.24) is 4.98 Å². The lowest BCUT2D eigenvalue weighted by molar-refractivity contribution is 0.102. The van der Waals surface area contributed by atoms with Crippen molar-refractivity contribution in [3.63, 3.8) is 0 Å². The van der Waals surface area contributed by atoms with Crippen LogP contribution in [0.1, 0.15) is 24.2 Å². The highest BCUT2D eigenvalue weighted by atomic mass is 32.2. The quantitative estimate of drug-likeness (QED) is 0.769. The lowest BCUT2D eigenvalue weighted by Gasteiger charge is -2.10. The number of anilines is 1. The van der Waals surface area contributed by atoms with Crippen LogP contribution in [-0.4, -0.2) is 24.6 Å². The molecule has 2 aromatic carbocycles. The second-order valence-electron chi connectivity index (χ2n) is 5.61. The van der Waals surface area contributed by atoms with Gasteiger partial charge in [0.25, 0.3) is 5.91 Å². The van der Waals surface area contributed by atoms with E-state index in [1.54, 1.807) is 43.6 Å². The summed E-state index contributed by atoms with van der Waals surface area (Å²) in [6, 6.07) is 11.6. The zero-order valence-corrected chi connectivity index (χ0v) is 14.8. The molecule has 0 saturated heterocycles. The van der Waals surface area contributed by atoms with Gasteiger partial charge in [-0.1, -0.05) is 6.07 Å². The zero-order valence-electron chi connectivity index (χ0n) is 13.2. The van der Waals surface area contributed by atoms with Gasteiger partial charge in [0.05, 0.1) is 25.9 Å². The highest BCUT2D eigenvalue weighted by Gasteiger charge is 2.20. The molecule has 7 heteroatoms. The molecule has 3 rings (SSSR count). The molecule has 1 amide bonds. The largest absolute Gasteiger partial charge is 0.322 e. The molecule has 0 atom stereocenters. The molecular weight excluding hydrogens is 344 g/mol. The van der Waals surface area contributed by atoms with Crippen molar-refractivity contribution in [3.8, 4) is 0 Å². The molecule has 0 radical (unpaired) electrons. The first-order valence-electron chi connectivity index (χ1n) is 7.36. The van der Waals surface area contributed by atoms with Gasteiger partial charge in [0.2, 0.25) is 0 Å². The third-order valence-electron chi connectivity index (χ3n) is 3.63. The van der Waals surface area contributed by atoms with Gasteiger partial charge in [0.15, 0.2) is 9.84 Å². The van der Waals surface area contributed by atoms with Gasteiger partial charge in [-0.05, 0) is 50.2 Å². The summed E-state index contributed by atoms with van der Waals surface area (Å²) in [5.74, 6) is -0.356. The molecule has 0 spiro atoms. The van der Waals surface area contributed by atoms with E-state index in [9.17, 15) is 13.2 Å². The Morgan fingerprint density at radius 2 is 1.96 bits per heavy atom. The number of rotatable bonds is 4. The number of hydrogen-bond donors (Lipinski definition) is 1. The number of nitrogens with zero attached hydrogens (tertiary/aromatic N) is 1. The van der Waals surface area contributed by atoms with Gasteiger partial charge < -0.3 is 5.32 Å². The zero-order chi connectivity index (χ0) is 17.3. The standard InChI is InChI=1S/C17H16N2O3S2/c1-11(2)24(21,22)14-5-3-4-12(8-14)17(20)19-13-6-7-16-15(9-13)18-10-23-16/h3-11H,1-2H3,(H,19,20). The van der Waals surface area contributed by atoms with E-state index >= 15 is 0 Å².